The van der Waals surface area contributed by atoms with Crippen LogP contribution in [-0.2, 0) is 6.54 Å². The van der Waals surface area contributed by atoms with E-state index in [1.54, 1.807) is 11.3 Å². The van der Waals surface area contributed by atoms with Crippen molar-refractivity contribution in [2.24, 2.45) is 4.99 Å². The summed E-state index contributed by atoms with van der Waals surface area (Å²) in [5.41, 5.74) is 2.98. The van der Waals surface area contributed by atoms with Gasteiger partial charge in [-0.15, -0.1) is 11.3 Å². The summed E-state index contributed by atoms with van der Waals surface area (Å²) in [6.45, 7) is 5.69. The van der Waals surface area contributed by atoms with E-state index in [1.807, 2.05) is 43.3 Å². The molecule has 2 aromatic carbocycles. The molecule has 136 valence electrons. The number of benzene rings is 2. The number of nitrogens with zero attached hydrogens (tertiary/aromatic N) is 2. The summed E-state index contributed by atoms with van der Waals surface area (Å²) in [6.07, 6.45) is 2.18. The first-order valence-electron chi connectivity index (χ1n) is 8.93. The Morgan fingerprint density at radius 1 is 1.04 bits per heavy atom. The first-order valence-corrected chi connectivity index (χ1v) is 9.81. The van der Waals surface area contributed by atoms with Crippen LogP contribution in [0, 0.1) is 5.82 Å². The minimum atomic E-state index is -0.219. The molecular weight excluding hydrogens is 347 g/mol. The summed E-state index contributed by atoms with van der Waals surface area (Å²) < 4.78 is 21.0. The average molecular weight is 370 g/mol. The van der Waals surface area contributed by atoms with Crippen LogP contribution in [0.5, 0.6) is 5.75 Å². The fourth-order valence-electron chi connectivity index (χ4n) is 2.70. The van der Waals surface area contributed by atoms with Crippen molar-refractivity contribution >= 4 is 17.0 Å². The largest absolute Gasteiger partial charge is 0.494 e. The van der Waals surface area contributed by atoms with Gasteiger partial charge in [0.1, 0.15) is 11.6 Å². The standard InChI is InChI=1S/C21H23FN2OS/c1-3-5-14-24-20(16-6-8-17(22)9-7-16)15-26-21(24)23-18-10-12-19(13-11-18)25-4-2/h6-13,15H,3-5,14H2,1-2H3. The van der Waals surface area contributed by atoms with E-state index < -0.39 is 0 Å². The zero-order chi connectivity index (χ0) is 18.4. The average Bonchev–Trinajstić information content (AvgIpc) is 3.05. The van der Waals surface area contributed by atoms with Crippen LogP contribution in [0.15, 0.2) is 58.9 Å². The van der Waals surface area contributed by atoms with Gasteiger partial charge in [-0.2, -0.15) is 0 Å². The van der Waals surface area contributed by atoms with Gasteiger partial charge in [0, 0.05) is 11.9 Å². The van der Waals surface area contributed by atoms with E-state index >= 15 is 0 Å². The van der Waals surface area contributed by atoms with E-state index in [0.29, 0.717) is 6.61 Å². The van der Waals surface area contributed by atoms with Crippen LogP contribution < -0.4 is 9.54 Å². The Labute approximate surface area is 157 Å². The van der Waals surface area contributed by atoms with Gasteiger partial charge in [-0.3, -0.25) is 0 Å². The highest BCUT2D eigenvalue weighted by Gasteiger charge is 2.08. The molecule has 0 radical (unpaired) electrons. The predicted octanol–water partition coefficient (Wildman–Crippen LogP) is 5.79. The van der Waals surface area contributed by atoms with Crippen LogP contribution in [0.4, 0.5) is 10.1 Å². The van der Waals surface area contributed by atoms with Crippen LogP contribution in [0.2, 0.25) is 0 Å². The van der Waals surface area contributed by atoms with Gasteiger partial charge in [0.15, 0.2) is 4.80 Å². The van der Waals surface area contributed by atoms with Crippen molar-refractivity contribution < 1.29 is 9.13 Å². The smallest absolute Gasteiger partial charge is 0.190 e. The van der Waals surface area contributed by atoms with Gasteiger partial charge in [0.05, 0.1) is 18.0 Å². The predicted molar refractivity (Wildman–Crippen MR) is 105 cm³/mol. The van der Waals surface area contributed by atoms with Crippen molar-refractivity contribution in [2.75, 3.05) is 6.61 Å². The first-order chi connectivity index (χ1) is 12.7. The number of hydrogen-bond acceptors (Lipinski definition) is 3. The van der Waals surface area contributed by atoms with Crippen LogP contribution in [-0.4, -0.2) is 11.2 Å². The monoisotopic (exact) mass is 370 g/mol. The molecule has 3 rings (SSSR count). The molecule has 1 aromatic heterocycles. The second-order valence-electron chi connectivity index (χ2n) is 5.95. The van der Waals surface area contributed by atoms with Gasteiger partial charge in [-0.25, -0.2) is 9.38 Å². The van der Waals surface area contributed by atoms with Crippen LogP contribution in [0.3, 0.4) is 0 Å². The molecule has 0 saturated carbocycles. The maximum absolute atomic E-state index is 13.3. The summed E-state index contributed by atoms with van der Waals surface area (Å²) in [4.78, 5) is 5.76. The lowest BCUT2D eigenvalue weighted by Crippen LogP contribution is -2.15. The minimum Gasteiger partial charge on any atom is -0.494 e. The maximum atomic E-state index is 13.3. The van der Waals surface area contributed by atoms with E-state index in [2.05, 4.69) is 16.9 Å². The number of halogens is 1. The number of hydrogen-bond donors (Lipinski definition) is 0. The van der Waals surface area contributed by atoms with Gasteiger partial charge in [-0.05, 0) is 67.4 Å². The molecule has 0 spiro atoms. The van der Waals surface area contributed by atoms with E-state index in [1.165, 1.54) is 12.1 Å². The highest BCUT2D eigenvalue weighted by molar-refractivity contribution is 7.07. The Balaban J connectivity index is 1.99. The Morgan fingerprint density at radius 2 is 1.77 bits per heavy atom. The van der Waals surface area contributed by atoms with Crippen molar-refractivity contribution in [3.8, 4) is 17.0 Å². The molecule has 3 aromatic rings. The van der Waals surface area contributed by atoms with Crippen molar-refractivity contribution in [1.29, 1.82) is 0 Å². The molecule has 3 nitrogen and oxygen atoms in total. The Kier molecular flexibility index (Phi) is 6.23. The molecule has 0 amide bonds. The van der Waals surface area contributed by atoms with Crippen molar-refractivity contribution in [1.82, 2.24) is 4.57 Å². The summed E-state index contributed by atoms with van der Waals surface area (Å²) in [6, 6.07) is 14.4. The molecule has 0 aliphatic carbocycles. The van der Waals surface area contributed by atoms with E-state index in [9.17, 15) is 4.39 Å². The molecule has 0 aliphatic rings. The Morgan fingerprint density at radius 3 is 2.42 bits per heavy atom. The SMILES string of the molecule is CCCCn1c(-c2ccc(F)cc2)csc1=Nc1ccc(OCC)cc1. The Bertz CT molecular complexity index is 895. The molecule has 0 bridgehead atoms. The zero-order valence-corrected chi connectivity index (χ0v) is 15.9. The summed E-state index contributed by atoms with van der Waals surface area (Å²) in [5, 5.41) is 2.09. The quantitative estimate of drug-likeness (QED) is 0.517. The van der Waals surface area contributed by atoms with Gasteiger partial charge in [0.2, 0.25) is 0 Å². The fourth-order valence-corrected chi connectivity index (χ4v) is 3.65. The molecule has 1 heterocycles. The number of thiazole rings is 1. The molecule has 0 fully saturated rings. The van der Waals surface area contributed by atoms with Gasteiger partial charge in [-0.1, -0.05) is 13.3 Å². The second-order valence-corrected chi connectivity index (χ2v) is 6.79. The third-order valence-corrected chi connectivity index (χ3v) is 4.91. The number of ether oxygens (including phenoxy) is 1. The lowest BCUT2D eigenvalue weighted by molar-refractivity contribution is 0.340. The molecule has 0 aliphatic heterocycles. The van der Waals surface area contributed by atoms with Gasteiger partial charge in [0.25, 0.3) is 0 Å². The molecule has 0 N–H and O–H groups in total. The van der Waals surface area contributed by atoms with E-state index in [4.69, 9.17) is 9.73 Å². The third-order valence-electron chi connectivity index (χ3n) is 4.05. The second kappa shape index (κ2) is 8.81. The lowest BCUT2D eigenvalue weighted by atomic mass is 10.1. The summed E-state index contributed by atoms with van der Waals surface area (Å²) in [5.74, 6) is 0.631. The van der Waals surface area contributed by atoms with E-state index in [-0.39, 0.29) is 5.82 Å². The molecule has 0 unspecified atom stereocenters. The van der Waals surface area contributed by atoms with Crippen molar-refractivity contribution in [3.63, 3.8) is 0 Å². The normalized spacial score (nSPS) is 11.7. The lowest BCUT2D eigenvalue weighted by Gasteiger charge is -2.08. The number of aromatic nitrogens is 1. The first kappa shape index (κ1) is 18.4. The molecule has 0 atom stereocenters. The maximum Gasteiger partial charge on any atom is 0.190 e. The highest BCUT2D eigenvalue weighted by atomic mass is 32.1. The summed E-state index contributed by atoms with van der Waals surface area (Å²) >= 11 is 1.61. The van der Waals surface area contributed by atoms with Crippen LogP contribution >= 0.6 is 11.3 Å². The van der Waals surface area contributed by atoms with Crippen molar-refractivity contribution in [3.05, 3.63) is 64.5 Å². The zero-order valence-electron chi connectivity index (χ0n) is 15.1. The van der Waals surface area contributed by atoms with Gasteiger partial charge >= 0.3 is 0 Å². The topological polar surface area (TPSA) is 26.5 Å². The van der Waals surface area contributed by atoms with Gasteiger partial charge < -0.3 is 9.30 Å². The number of rotatable bonds is 7. The Hall–Kier alpha value is -2.40. The molecule has 0 saturated heterocycles. The van der Waals surface area contributed by atoms with E-state index in [0.717, 1.165) is 46.9 Å². The van der Waals surface area contributed by atoms with Crippen molar-refractivity contribution in [2.45, 2.75) is 33.2 Å². The minimum absolute atomic E-state index is 0.219. The third kappa shape index (κ3) is 4.41. The molecule has 5 heteroatoms. The summed E-state index contributed by atoms with van der Waals surface area (Å²) in [7, 11) is 0. The highest BCUT2D eigenvalue weighted by Crippen LogP contribution is 2.22. The van der Waals surface area contributed by atoms with Crippen LogP contribution in [0.25, 0.3) is 11.3 Å². The molecular formula is C21H23FN2OS. The fraction of sp³-hybridized carbons (Fsp3) is 0.286. The van der Waals surface area contributed by atoms with Crippen LogP contribution in [0.1, 0.15) is 26.7 Å². The molecule has 26 heavy (non-hydrogen) atoms. The number of unbranched alkanes of at least 4 members (excludes halogenated alkanes) is 1.